The molecule has 162 valence electrons. The lowest BCUT2D eigenvalue weighted by Gasteiger charge is -2.54. The topological polar surface area (TPSA) is 148 Å². The maximum atomic E-state index is 15.0. The molecule has 1 fully saturated rings. The Balaban J connectivity index is 1.71. The molecule has 9 nitrogen and oxygen atoms in total. The van der Waals surface area contributed by atoms with Gasteiger partial charge in [-0.25, -0.2) is 18.7 Å². The monoisotopic (exact) mass is 444 g/mol. The van der Waals surface area contributed by atoms with E-state index < -0.39 is 33.3 Å². The number of benzene rings is 1. The highest BCUT2D eigenvalue weighted by molar-refractivity contribution is 8.23. The quantitative estimate of drug-likeness (QED) is 0.569. The van der Waals surface area contributed by atoms with Crippen molar-refractivity contribution in [2.75, 3.05) is 12.4 Å². The Kier molecular flexibility index (Phi) is 5.09. The molecule has 0 bridgehead atoms. The van der Waals surface area contributed by atoms with Gasteiger partial charge in [0.2, 0.25) is 5.96 Å². The van der Waals surface area contributed by atoms with Crippen LogP contribution in [0.25, 0.3) is 0 Å². The molecule has 1 saturated carbocycles. The lowest BCUT2D eigenvalue weighted by molar-refractivity contribution is 0.102. The van der Waals surface area contributed by atoms with Crippen LogP contribution in [0.1, 0.15) is 40.9 Å². The number of fused-ring (bicyclic) bond motifs is 1. The Morgan fingerprint density at radius 1 is 1.42 bits per heavy atom. The average Bonchev–Trinajstić information content (AvgIpc) is 3.19. The number of rotatable bonds is 3. The molecule has 31 heavy (non-hydrogen) atoms. The third-order valence-corrected chi connectivity index (χ3v) is 8.18. The Hall–Kier alpha value is -3.20. The van der Waals surface area contributed by atoms with Crippen LogP contribution in [-0.2, 0) is 5.54 Å². The largest absolute Gasteiger partial charge is 0.369 e. The maximum Gasteiger partial charge on any atom is 0.274 e. The number of nitrogens with one attached hydrogen (secondary N) is 1. The van der Waals surface area contributed by atoms with Crippen molar-refractivity contribution in [1.29, 1.82) is 5.26 Å². The van der Waals surface area contributed by atoms with Crippen molar-refractivity contribution in [2.24, 2.45) is 10.7 Å². The van der Waals surface area contributed by atoms with Gasteiger partial charge in [0.25, 0.3) is 5.91 Å². The molecule has 4 rings (SSSR count). The summed E-state index contributed by atoms with van der Waals surface area (Å²) in [6, 6.07) is 8.88. The molecule has 2 aromatic rings. The third-order valence-electron chi connectivity index (χ3n) is 5.79. The van der Waals surface area contributed by atoms with Gasteiger partial charge in [0, 0.05) is 24.5 Å². The van der Waals surface area contributed by atoms with E-state index in [2.05, 4.69) is 15.3 Å². The van der Waals surface area contributed by atoms with Crippen molar-refractivity contribution in [1.82, 2.24) is 9.29 Å². The number of carbonyl (C=O) groups excluding carboxylic acids is 1. The lowest BCUT2D eigenvalue weighted by atomic mass is 9.87. The fourth-order valence-corrected chi connectivity index (χ4v) is 6.20. The average molecular weight is 444 g/mol. The van der Waals surface area contributed by atoms with Crippen LogP contribution in [0.4, 0.5) is 10.1 Å². The van der Waals surface area contributed by atoms with Gasteiger partial charge in [0.1, 0.15) is 23.1 Å². The van der Waals surface area contributed by atoms with Crippen molar-refractivity contribution in [3.63, 3.8) is 0 Å². The maximum absolute atomic E-state index is 15.0. The zero-order valence-electron chi connectivity index (χ0n) is 16.6. The van der Waals surface area contributed by atoms with Gasteiger partial charge in [-0.05, 0) is 49.6 Å². The fourth-order valence-electron chi connectivity index (χ4n) is 4.20. The summed E-state index contributed by atoms with van der Waals surface area (Å²) >= 11 is 0. The van der Waals surface area contributed by atoms with E-state index >= 15 is 0 Å². The smallest absolute Gasteiger partial charge is 0.274 e. The predicted molar refractivity (Wildman–Crippen MR) is 115 cm³/mol. The van der Waals surface area contributed by atoms with Crippen LogP contribution in [0.2, 0.25) is 0 Å². The van der Waals surface area contributed by atoms with Crippen LogP contribution in [0.3, 0.4) is 0 Å². The second kappa shape index (κ2) is 7.49. The number of hydrogen-bond donors (Lipinski definition) is 4. The van der Waals surface area contributed by atoms with Gasteiger partial charge in [-0.2, -0.15) is 5.26 Å². The number of nitrogens with two attached hydrogens (primary N) is 1. The second-order valence-electron chi connectivity index (χ2n) is 7.53. The van der Waals surface area contributed by atoms with E-state index in [9.17, 15) is 18.3 Å². The van der Waals surface area contributed by atoms with Gasteiger partial charge >= 0.3 is 0 Å². The molecular weight excluding hydrogens is 423 g/mol. The van der Waals surface area contributed by atoms with E-state index in [-0.39, 0.29) is 17.2 Å². The highest BCUT2D eigenvalue weighted by Gasteiger charge is 2.56. The number of hydrogen-bond acceptors (Lipinski definition) is 8. The molecule has 0 spiro atoms. The van der Waals surface area contributed by atoms with Crippen LogP contribution in [0, 0.1) is 17.1 Å². The summed E-state index contributed by atoms with van der Waals surface area (Å²) in [7, 11) is -1.86. The van der Waals surface area contributed by atoms with E-state index in [4.69, 9.17) is 11.0 Å². The Morgan fingerprint density at radius 3 is 2.87 bits per heavy atom. The zero-order chi connectivity index (χ0) is 22.4. The van der Waals surface area contributed by atoms with Gasteiger partial charge in [0.05, 0.1) is 10.8 Å². The van der Waals surface area contributed by atoms with Crippen LogP contribution in [0.15, 0.2) is 41.5 Å². The van der Waals surface area contributed by atoms with Crippen LogP contribution >= 0.6 is 10.8 Å². The molecule has 1 aliphatic carbocycles. The number of pyridine rings is 1. The van der Waals surface area contributed by atoms with Gasteiger partial charge in [-0.3, -0.25) is 13.9 Å². The third kappa shape index (κ3) is 3.38. The molecule has 1 aliphatic heterocycles. The molecule has 0 saturated heterocycles. The standard InChI is InChI=1S/C20H21FN6O3S/c1-27-19(23)26-20(8-2-3-17(20)31(27,29)30)14-9-13(5-6-15(14)21)25-18(28)16-7-4-12(10-22)11-24-16/h4-7,9,11,17,29-30H,2-3,8H2,1H3,(H2,23,26)(H,25,28)/t17-,20-/m1/s1. The number of anilines is 1. The van der Waals surface area contributed by atoms with Crippen molar-refractivity contribution < 1.29 is 18.3 Å². The number of aliphatic imine (C=N–C) groups is 1. The van der Waals surface area contributed by atoms with Gasteiger partial charge < -0.3 is 11.1 Å². The first-order valence-electron chi connectivity index (χ1n) is 9.53. The number of aromatic nitrogens is 1. The number of carbonyl (C=O) groups is 1. The first-order chi connectivity index (χ1) is 14.7. The van der Waals surface area contributed by atoms with Crippen LogP contribution < -0.4 is 11.1 Å². The number of nitrogens with zero attached hydrogens (tertiary/aromatic N) is 4. The van der Waals surface area contributed by atoms with Crippen LogP contribution in [-0.4, -0.2) is 42.6 Å². The van der Waals surface area contributed by atoms with Gasteiger partial charge in [-0.1, -0.05) is 0 Å². The summed E-state index contributed by atoms with van der Waals surface area (Å²) in [4.78, 5) is 21.0. The summed E-state index contributed by atoms with van der Waals surface area (Å²) in [6.45, 7) is 0. The molecule has 1 aromatic heterocycles. The molecule has 0 unspecified atom stereocenters. The van der Waals surface area contributed by atoms with Gasteiger partial charge in [-0.15, -0.1) is 10.8 Å². The van der Waals surface area contributed by atoms with Crippen LogP contribution in [0.5, 0.6) is 0 Å². The first kappa shape index (κ1) is 21.0. The molecule has 5 N–H and O–H groups in total. The van der Waals surface area contributed by atoms with E-state index in [0.29, 0.717) is 30.5 Å². The highest BCUT2D eigenvalue weighted by Crippen LogP contribution is 2.63. The molecular formula is C20H21FN6O3S. The normalized spacial score (nSPS) is 25.2. The van der Waals surface area contributed by atoms with E-state index in [1.54, 1.807) is 0 Å². The van der Waals surface area contributed by atoms with Crippen molar-refractivity contribution in [3.05, 3.63) is 59.2 Å². The highest BCUT2D eigenvalue weighted by atomic mass is 32.3. The summed E-state index contributed by atoms with van der Waals surface area (Å²) in [5, 5.41) is 10.8. The summed E-state index contributed by atoms with van der Waals surface area (Å²) < 4.78 is 37.7. The molecule has 2 aliphatic rings. The van der Waals surface area contributed by atoms with E-state index in [1.165, 1.54) is 43.6 Å². The molecule has 2 atom stereocenters. The first-order valence-corrected chi connectivity index (χ1v) is 11.1. The number of nitriles is 1. The fraction of sp³-hybridized carbons (Fsp3) is 0.300. The van der Waals surface area contributed by atoms with Gasteiger partial charge in [0.15, 0.2) is 0 Å². The minimum absolute atomic E-state index is 0.0752. The van der Waals surface area contributed by atoms with Crippen molar-refractivity contribution in [2.45, 2.75) is 30.1 Å². The molecule has 1 aromatic carbocycles. The minimum atomic E-state index is -3.31. The Bertz CT molecular complexity index is 1120. The summed E-state index contributed by atoms with van der Waals surface area (Å²) in [5.74, 6) is -1.18. The summed E-state index contributed by atoms with van der Waals surface area (Å²) in [6.07, 6.45) is 2.76. The number of guanidine groups is 1. The Labute approximate surface area is 179 Å². The predicted octanol–water partition coefficient (Wildman–Crippen LogP) is 3.02. The number of amides is 1. The van der Waals surface area contributed by atoms with Crippen molar-refractivity contribution in [3.8, 4) is 6.07 Å². The second-order valence-corrected chi connectivity index (χ2v) is 9.77. The SMILES string of the molecule is CN1C(N)=N[C@@]2(c3cc(NC(=O)c4ccc(C#N)cn4)ccc3F)CCC[C@H]2S1(O)O. The minimum Gasteiger partial charge on any atom is -0.369 e. The molecule has 0 radical (unpaired) electrons. The summed E-state index contributed by atoms with van der Waals surface area (Å²) in [5.41, 5.74) is 5.60. The number of halogens is 1. The van der Waals surface area contributed by atoms with Crippen molar-refractivity contribution >= 4 is 28.3 Å². The van der Waals surface area contributed by atoms with E-state index in [1.807, 2.05) is 6.07 Å². The molecule has 1 amide bonds. The lowest BCUT2D eigenvalue weighted by Crippen LogP contribution is -2.52. The molecule has 11 heteroatoms. The molecule has 2 heterocycles. The zero-order valence-corrected chi connectivity index (χ0v) is 17.4. The Morgan fingerprint density at radius 2 is 2.19 bits per heavy atom. The van der Waals surface area contributed by atoms with E-state index in [0.717, 1.165) is 4.31 Å².